The third-order valence-corrected chi connectivity index (χ3v) is 6.01. The number of aromatic nitrogens is 3. The number of nitrogens with one attached hydrogen (secondary N) is 1. The molecule has 170 valence electrons. The molecule has 1 atom stereocenters. The average molecular weight is 455 g/mol. The highest BCUT2D eigenvalue weighted by atomic mass is 32.1. The first kappa shape index (κ1) is 23.8. The molecule has 1 amide bonds. The number of rotatable bonds is 11. The lowest BCUT2D eigenvalue weighted by Gasteiger charge is -2.15. The van der Waals surface area contributed by atoms with E-state index in [0.717, 1.165) is 29.1 Å². The van der Waals surface area contributed by atoms with Crippen LogP contribution < -0.4 is 10.1 Å². The summed E-state index contributed by atoms with van der Waals surface area (Å²) in [4.78, 5) is 27.4. The number of carbonyl (C=O) groups excluding carboxylic acids is 1. The predicted molar refractivity (Wildman–Crippen MR) is 126 cm³/mol. The van der Waals surface area contributed by atoms with E-state index in [-0.39, 0.29) is 11.9 Å². The fourth-order valence-corrected chi connectivity index (χ4v) is 3.86. The summed E-state index contributed by atoms with van der Waals surface area (Å²) in [6, 6.07) is 5.28. The highest BCUT2D eigenvalue weighted by Gasteiger charge is 2.16. The number of aryl methyl sites for hydroxylation is 2. The topological polar surface area (TPSA) is 86.2 Å². The van der Waals surface area contributed by atoms with Gasteiger partial charge in [0.2, 0.25) is 0 Å². The third kappa shape index (κ3) is 6.58. The Morgan fingerprint density at radius 2 is 1.94 bits per heavy atom. The Kier molecular flexibility index (Phi) is 8.70. The molecule has 0 saturated heterocycles. The van der Waals surface area contributed by atoms with Gasteiger partial charge >= 0.3 is 0 Å². The van der Waals surface area contributed by atoms with Gasteiger partial charge in [0.15, 0.2) is 0 Å². The molecule has 0 fully saturated rings. The molecule has 0 unspecified atom stereocenters. The second-order valence-corrected chi connectivity index (χ2v) is 8.52. The van der Waals surface area contributed by atoms with E-state index in [2.05, 4.69) is 27.2 Å². The van der Waals surface area contributed by atoms with E-state index in [0.29, 0.717) is 36.8 Å². The van der Waals surface area contributed by atoms with Crippen LogP contribution in [0.1, 0.15) is 59.9 Å². The Bertz CT molecular complexity index is 1020. The number of nitrogens with zero attached hydrogens (tertiary/aromatic N) is 3. The molecule has 2 aromatic heterocycles. The lowest BCUT2D eigenvalue weighted by molar-refractivity contribution is 0.0938. The quantitative estimate of drug-likeness (QED) is 0.420. The van der Waals surface area contributed by atoms with Gasteiger partial charge in [0.1, 0.15) is 10.8 Å². The minimum absolute atomic E-state index is 0.201. The van der Waals surface area contributed by atoms with Crippen LogP contribution in [0.5, 0.6) is 5.75 Å². The van der Waals surface area contributed by atoms with Crippen molar-refractivity contribution in [2.75, 3.05) is 19.8 Å². The zero-order chi connectivity index (χ0) is 22.9. The summed E-state index contributed by atoms with van der Waals surface area (Å²) in [6.45, 7) is 9.68. The standard InChI is InChI=1S/C24H30N4O3S/c1-5-21-14-27-24(32-21)19-10-18(11-20(12-19)31-9-7-8-30-6-2)23(29)28-17(4)22-15-25-16(3)13-26-22/h10-15,17H,5-9H2,1-4H3,(H,28,29)/t17-/m1/s1. The zero-order valence-electron chi connectivity index (χ0n) is 19.1. The van der Waals surface area contributed by atoms with Gasteiger partial charge in [-0.05, 0) is 45.4 Å². The number of hydrogen-bond donors (Lipinski definition) is 1. The highest BCUT2D eigenvalue weighted by Crippen LogP contribution is 2.30. The maximum absolute atomic E-state index is 13.1. The van der Waals surface area contributed by atoms with Gasteiger partial charge in [-0.2, -0.15) is 0 Å². The molecule has 0 spiro atoms. The minimum Gasteiger partial charge on any atom is -0.493 e. The van der Waals surface area contributed by atoms with Crippen molar-refractivity contribution in [3.63, 3.8) is 0 Å². The van der Waals surface area contributed by atoms with Gasteiger partial charge in [-0.15, -0.1) is 11.3 Å². The fraction of sp³-hybridized carbons (Fsp3) is 0.417. The van der Waals surface area contributed by atoms with Crippen molar-refractivity contribution >= 4 is 17.2 Å². The monoisotopic (exact) mass is 454 g/mol. The molecule has 2 heterocycles. The fourth-order valence-electron chi connectivity index (χ4n) is 3.02. The average Bonchev–Trinajstić information content (AvgIpc) is 3.28. The van der Waals surface area contributed by atoms with Gasteiger partial charge in [-0.25, -0.2) is 4.98 Å². The smallest absolute Gasteiger partial charge is 0.251 e. The molecular weight excluding hydrogens is 424 g/mol. The molecule has 8 heteroatoms. The number of benzene rings is 1. The van der Waals surface area contributed by atoms with E-state index in [1.54, 1.807) is 29.8 Å². The molecule has 0 radical (unpaired) electrons. The van der Waals surface area contributed by atoms with E-state index in [9.17, 15) is 4.79 Å². The molecule has 7 nitrogen and oxygen atoms in total. The van der Waals surface area contributed by atoms with Gasteiger partial charge < -0.3 is 14.8 Å². The first-order valence-electron chi connectivity index (χ1n) is 10.9. The summed E-state index contributed by atoms with van der Waals surface area (Å²) in [6.07, 6.45) is 6.97. The largest absolute Gasteiger partial charge is 0.493 e. The molecule has 1 aromatic carbocycles. The van der Waals surface area contributed by atoms with E-state index in [1.807, 2.05) is 39.1 Å². The summed E-state index contributed by atoms with van der Waals surface area (Å²) >= 11 is 1.63. The van der Waals surface area contributed by atoms with E-state index >= 15 is 0 Å². The number of hydrogen-bond acceptors (Lipinski definition) is 7. The van der Waals surface area contributed by atoms with Crippen molar-refractivity contribution in [1.29, 1.82) is 0 Å². The molecule has 3 rings (SSSR count). The maximum Gasteiger partial charge on any atom is 0.251 e. The Balaban J connectivity index is 1.80. The number of thiazole rings is 1. The zero-order valence-corrected chi connectivity index (χ0v) is 19.9. The lowest BCUT2D eigenvalue weighted by Crippen LogP contribution is -2.27. The molecule has 0 aliphatic carbocycles. The Labute approximate surface area is 193 Å². The van der Waals surface area contributed by atoms with Gasteiger partial charge in [-0.3, -0.25) is 14.8 Å². The lowest BCUT2D eigenvalue weighted by atomic mass is 10.1. The predicted octanol–water partition coefficient (Wildman–Crippen LogP) is 4.77. The van der Waals surface area contributed by atoms with Crippen LogP contribution in [0, 0.1) is 6.92 Å². The van der Waals surface area contributed by atoms with Crippen molar-refractivity contribution in [3.05, 3.63) is 58.6 Å². The summed E-state index contributed by atoms with van der Waals surface area (Å²) in [7, 11) is 0. The van der Waals surface area contributed by atoms with Crippen LogP contribution in [-0.4, -0.2) is 40.7 Å². The van der Waals surface area contributed by atoms with Gasteiger partial charge in [-0.1, -0.05) is 6.92 Å². The summed E-state index contributed by atoms with van der Waals surface area (Å²) in [5, 5.41) is 3.87. The Morgan fingerprint density at radius 1 is 1.09 bits per heavy atom. The molecule has 0 aliphatic heterocycles. The normalized spacial score (nSPS) is 11.9. The van der Waals surface area contributed by atoms with Gasteiger partial charge in [0.05, 0.1) is 30.2 Å². The van der Waals surface area contributed by atoms with Crippen LogP contribution in [-0.2, 0) is 11.2 Å². The van der Waals surface area contributed by atoms with E-state index in [4.69, 9.17) is 9.47 Å². The molecule has 0 saturated carbocycles. The maximum atomic E-state index is 13.1. The van der Waals surface area contributed by atoms with Crippen LogP contribution in [0.2, 0.25) is 0 Å². The van der Waals surface area contributed by atoms with E-state index in [1.165, 1.54) is 4.88 Å². The highest BCUT2D eigenvalue weighted by molar-refractivity contribution is 7.15. The van der Waals surface area contributed by atoms with Crippen molar-refractivity contribution in [2.24, 2.45) is 0 Å². The van der Waals surface area contributed by atoms with Crippen LogP contribution in [0.3, 0.4) is 0 Å². The second kappa shape index (κ2) is 11.7. The van der Waals surface area contributed by atoms with E-state index < -0.39 is 0 Å². The van der Waals surface area contributed by atoms with Crippen LogP contribution in [0.4, 0.5) is 0 Å². The van der Waals surface area contributed by atoms with Crippen molar-refractivity contribution in [2.45, 2.75) is 46.6 Å². The number of carbonyl (C=O) groups is 1. The SMILES string of the molecule is CCOCCCOc1cc(C(=O)N[C@H](C)c2cnc(C)cn2)cc(-c2ncc(CC)s2)c1. The Hall–Kier alpha value is -2.84. The molecule has 1 N–H and O–H groups in total. The number of amides is 1. The van der Waals surface area contributed by atoms with Gasteiger partial charge in [0, 0.05) is 48.0 Å². The summed E-state index contributed by atoms with van der Waals surface area (Å²) in [5.41, 5.74) is 2.92. The van der Waals surface area contributed by atoms with Crippen LogP contribution in [0.15, 0.2) is 36.8 Å². The third-order valence-electron chi connectivity index (χ3n) is 4.82. The number of ether oxygens (including phenoxy) is 2. The first-order chi connectivity index (χ1) is 15.5. The molecule has 32 heavy (non-hydrogen) atoms. The molecule has 0 aliphatic rings. The molecule has 3 aromatic rings. The minimum atomic E-state index is -0.277. The summed E-state index contributed by atoms with van der Waals surface area (Å²) in [5.74, 6) is 0.438. The first-order valence-corrected chi connectivity index (χ1v) is 11.7. The van der Waals surface area contributed by atoms with Crippen LogP contribution in [0.25, 0.3) is 10.6 Å². The Morgan fingerprint density at radius 3 is 2.62 bits per heavy atom. The molecular formula is C24H30N4O3S. The van der Waals surface area contributed by atoms with Crippen molar-refractivity contribution < 1.29 is 14.3 Å². The van der Waals surface area contributed by atoms with Crippen molar-refractivity contribution in [1.82, 2.24) is 20.3 Å². The van der Waals surface area contributed by atoms with Crippen molar-refractivity contribution in [3.8, 4) is 16.3 Å². The van der Waals surface area contributed by atoms with Crippen LogP contribution >= 0.6 is 11.3 Å². The summed E-state index contributed by atoms with van der Waals surface area (Å²) < 4.78 is 11.3. The van der Waals surface area contributed by atoms with Gasteiger partial charge in [0.25, 0.3) is 5.91 Å². The molecule has 0 bridgehead atoms. The second-order valence-electron chi connectivity index (χ2n) is 7.41.